The molecule has 6 nitrogen and oxygen atoms in total. The van der Waals surface area contributed by atoms with Crippen LogP contribution in [0.15, 0.2) is 43.0 Å². The number of nitrogens with zero attached hydrogens (tertiary/aromatic N) is 3. The number of hydrogen-bond donors (Lipinski definition) is 0. The maximum absolute atomic E-state index is 5.45. The van der Waals surface area contributed by atoms with E-state index in [0.29, 0.717) is 22.6 Å². The molecule has 18 heavy (non-hydrogen) atoms. The highest BCUT2D eigenvalue weighted by Crippen LogP contribution is 2.25. The summed E-state index contributed by atoms with van der Waals surface area (Å²) in [4.78, 5) is 0. The van der Waals surface area contributed by atoms with Crippen LogP contribution >= 0.6 is 11.8 Å². The molecule has 0 aliphatic rings. The lowest BCUT2D eigenvalue weighted by molar-refractivity contribution is 0.392. The first kappa shape index (κ1) is 11.1. The van der Waals surface area contributed by atoms with Crippen molar-refractivity contribution in [1.29, 1.82) is 0 Å². The van der Waals surface area contributed by atoms with Crippen LogP contribution in [0, 0.1) is 6.92 Å². The molecular formula is C11H9N3O3S. The second-order valence-corrected chi connectivity index (χ2v) is 4.49. The molecule has 0 fully saturated rings. The van der Waals surface area contributed by atoms with Crippen molar-refractivity contribution in [2.24, 2.45) is 0 Å². The normalized spacial score (nSPS) is 10.9. The summed E-state index contributed by atoms with van der Waals surface area (Å²) in [6.07, 6.45) is 1.56. The highest BCUT2D eigenvalue weighted by molar-refractivity contribution is 7.98. The summed E-state index contributed by atoms with van der Waals surface area (Å²) in [5.41, 5.74) is 0.843. The number of hydrogen-bond acceptors (Lipinski definition) is 7. The summed E-state index contributed by atoms with van der Waals surface area (Å²) in [6, 6.07) is 5.41. The number of aromatic nitrogens is 3. The largest absolute Gasteiger partial charge is 0.459 e. The average Bonchev–Trinajstić information content (AvgIpc) is 3.07. The molecule has 0 unspecified atom stereocenters. The van der Waals surface area contributed by atoms with Crippen LogP contribution in [0.5, 0.6) is 0 Å². The van der Waals surface area contributed by atoms with Crippen molar-refractivity contribution in [3.05, 3.63) is 35.9 Å². The summed E-state index contributed by atoms with van der Waals surface area (Å²) in [7, 11) is 0. The van der Waals surface area contributed by atoms with Gasteiger partial charge in [0.1, 0.15) is 5.76 Å². The Kier molecular flexibility index (Phi) is 2.89. The number of rotatable bonds is 4. The van der Waals surface area contributed by atoms with Gasteiger partial charge < -0.3 is 13.4 Å². The van der Waals surface area contributed by atoms with Crippen LogP contribution in [0.1, 0.15) is 11.5 Å². The summed E-state index contributed by atoms with van der Waals surface area (Å²) >= 11 is 1.40. The first-order valence-corrected chi connectivity index (χ1v) is 6.22. The topological polar surface area (TPSA) is 78.1 Å². The SMILES string of the molecule is Cc1cc(CSc2nnc(-c3ccco3)o2)no1. The minimum absolute atomic E-state index is 0.374. The van der Waals surface area contributed by atoms with Crippen molar-refractivity contribution in [3.8, 4) is 11.7 Å². The van der Waals surface area contributed by atoms with Gasteiger partial charge in [0.25, 0.3) is 11.1 Å². The molecular weight excluding hydrogens is 254 g/mol. The molecule has 0 radical (unpaired) electrons. The van der Waals surface area contributed by atoms with Gasteiger partial charge in [-0.1, -0.05) is 16.9 Å². The molecule has 0 amide bonds. The van der Waals surface area contributed by atoms with Crippen LogP contribution in [0.2, 0.25) is 0 Å². The first-order valence-electron chi connectivity index (χ1n) is 5.23. The van der Waals surface area contributed by atoms with E-state index in [-0.39, 0.29) is 0 Å². The van der Waals surface area contributed by atoms with Crippen LogP contribution in [0.3, 0.4) is 0 Å². The molecule has 0 aliphatic heterocycles. The summed E-state index contributed by atoms with van der Waals surface area (Å²) < 4.78 is 15.6. The quantitative estimate of drug-likeness (QED) is 0.669. The zero-order valence-corrected chi connectivity index (χ0v) is 10.3. The van der Waals surface area contributed by atoms with Crippen LogP contribution < -0.4 is 0 Å². The zero-order valence-electron chi connectivity index (χ0n) is 9.49. The number of thioether (sulfide) groups is 1. The second kappa shape index (κ2) is 4.69. The van der Waals surface area contributed by atoms with E-state index in [9.17, 15) is 0 Å². The zero-order chi connectivity index (χ0) is 12.4. The van der Waals surface area contributed by atoms with Gasteiger partial charge in [-0.15, -0.1) is 10.2 Å². The lowest BCUT2D eigenvalue weighted by Crippen LogP contribution is -1.79. The van der Waals surface area contributed by atoms with Gasteiger partial charge in [-0.2, -0.15) is 0 Å². The van der Waals surface area contributed by atoms with Crippen molar-refractivity contribution in [3.63, 3.8) is 0 Å². The molecule has 3 rings (SSSR count). The minimum Gasteiger partial charge on any atom is -0.459 e. The molecule has 3 aromatic rings. The average molecular weight is 263 g/mol. The Labute approximate surface area is 106 Å². The predicted octanol–water partition coefficient (Wildman–Crippen LogP) is 2.92. The van der Waals surface area contributed by atoms with Gasteiger partial charge in [-0.3, -0.25) is 0 Å². The first-order chi connectivity index (χ1) is 8.81. The Balaban J connectivity index is 1.67. The molecule has 0 saturated carbocycles. The van der Waals surface area contributed by atoms with Gasteiger partial charge in [0.05, 0.1) is 12.0 Å². The maximum atomic E-state index is 5.45. The van der Waals surface area contributed by atoms with Gasteiger partial charge in [-0.05, 0) is 19.1 Å². The third-order valence-corrected chi connectivity index (χ3v) is 3.01. The summed E-state index contributed by atoms with van der Waals surface area (Å²) in [5.74, 6) is 2.34. The smallest absolute Gasteiger partial charge is 0.284 e. The van der Waals surface area contributed by atoms with Crippen LogP contribution in [0.25, 0.3) is 11.7 Å². The van der Waals surface area contributed by atoms with Gasteiger partial charge in [0.2, 0.25) is 0 Å². The van der Waals surface area contributed by atoms with Crippen molar-refractivity contribution >= 4 is 11.8 Å². The van der Waals surface area contributed by atoms with Crippen LogP contribution in [-0.4, -0.2) is 15.4 Å². The molecule has 0 spiro atoms. The molecule has 0 atom stereocenters. The third kappa shape index (κ3) is 2.30. The lowest BCUT2D eigenvalue weighted by Gasteiger charge is -1.90. The Bertz CT molecular complexity index is 630. The van der Waals surface area contributed by atoms with E-state index in [4.69, 9.17) is 13.4 Å². The lowest BCUT2D eigenvalue weighted by atomic mass is 10.4. The van der Waals surface area contributed by atoms with E-state index in [1.165, 1.54) is 11.8 Å². The van der Waals surface area contributed by atoms with E-state index in [0.717, 1.165) is 11.5 Å². The summed E-state index contributed by atoms with van der Waals surface area (Å²) in [5, 5.41) is 12.2. The number of aryl methyl sites for hydroxylation is 1. The van der Waals surface area contributed by atoms with E-state index in [1.54, 1.807) is 18.4 Å². The highest BCUT2D eigenvalue weighted by Gasteiger charge is 2.12. The second-order valence-electron chi connectivity index (χ2n) is 3.57. The maximum Gasteiger partial charge on any atom is 0.284 e. The van der Waals surface area contributed by atoms with Gasteiger partial charge >= 0.3 is 0 Å². The fraction of sp³-hybridized carbons (Fsp3) is 0.182. The molecule has 0 saturated heterocycles. The molecule has 0 aromatic carbocycles. The van der Waals surface area contributed by atoms with Crippen LogP contribution in [0.4, 0.5) is 0 Å². The van der Waals surface area contributed by atoms with Crippen molar-refractivity contribution in [2.75, 3.05) is 0 Å². The van der Waals surface area contributed by atoms with E-state index in [2.05, 4.69) is 15.4 Å². The Hall–Kier alpha value is -2.02. The Morgan fingerprint density at radius 2 is 2.28 bits per heavy atom. The monoisotopic (exact) mass is 263 g/mol. The molecule has 3 heterocycles. The summed E-state index contributed by atoms with van der Waals surface area (Å²) in [6.45, 7) is 1.85. The van der Waals surface area contributed by atoms with Crippen molar-refractivity contribution in [1.82, 2.24) is 15.4 Å². The molecule has 0 bridgehead atoms. The van der Waals surface area contributed by atoms with E-state index >= 15 is 0 Å². The fourth-order valence-electron chi connectivity index (χ4n) is 1.39. The Morgan fingerprint density at radius 1 is 1.33 bits per heavy atom. The number of furan rings is 1. The Morgan fingerprint density at radius 3 is 3.00 bits per heavy atom. The molecule has 0 aliphatic carbocycles. The molecule has 3 aromatic heterocycles. The molecule has 0 N–H and O–H groups in total. The van der Waals surface area contributed by atoms with Crippen molar-refractivity contribution < 1.29 is 13.4 Å². The van der Waals surface area contributed by atoms with Crippen LogP contribution in [-0.2, 0) is 5.75 Å². The minimum atomic E-state index is 0.374. The van der Waals surface area contributed by atoms with Gasteiger partial charge in [0, 0.05) is 11.8 Å². The predicted molar refractivity (Wildman–Crippen MR) is 62.8 cm³/mol. The van der Waals surface area contributed by atoms with Gasteiger partial charge in [0.15, 0.2) is 5.76 Å². The van der Waals surface area contributed by atoms with E-state index in [1.807, 2.05) is 13.0 Å². The third-order valence-electron chi connectivity index (χ3n) is 2.16. The molecule has 7 heteroatoms. The fourth-order valence-corrected chi connectivity index (χ4v) is 2.03. The molecule has 92 valence electrons. The van der Waals surface area contributed by atoms with Gasteiger partial charge in [-0.25, -0.2) is 0 Å². The highest BCUT2D eigenvalue weighted by atomic mass is 32.2. The van der Waals surface area contributed by atoms with Crippen molar-refractivity contribution in [2.45, 2.75) is 17.9 Å². The standard InChI is InChI=1S/C11H9N3O3S/c1-7-5-8(14-17-7)6-18-11-13-12-10(16-11)9-3-2-4-15-9/h2-5H,6H2,1H3. The van der Waals surface area contributed by atoms with E-state index < -0.39 is 0 Å².